The van der Waals surface area contributed by atoms with E-state index in [2.05, 4.69) is 5.32 Å². The van der Waals surface area contributed by atoms with Crippen LogP contribution in [0.3, 0.4) is 0 Å². The van der Waals surface area contributed by atoms with Crippen LogP contribution in [0.5, 0.6) is 11.5 Å². The van der Waals surface area contributed by atoms with E-state index in [9.17, 15) is 9.18 Å². The lowest BCUT2D eigenvalue weighted by Crippen LogP contribution is -2.47. The zero-order valence-electron chi connectivity index (χ0n) is 14.3. The zero-order chi connectivity index (χ0) is 17.7. The highest BCUT2D eigenvalue weighted by Crippen LogP contribution is 2.32. The van der Waals surface area contributed by atoms with E-state index in [1.807, 2.05) is 0 Å². The minimum atomic E-state index is -0.625. The predicted molar refractivity (Wildman–Crippen MR) is 87.6 cm³/mol. The van der Waals surface area contributed by atoms with E-state index in [4.69, 9.17) is 19.9 Å². The van der Waals surface area contributed by atoms with Gasteiger partial charge >= 0.3 is 0 Å². The third kappa shape index (κ3) is 4.15. The first kappa shape index (κ1) is 18.5. The molecule has 1 aromatic rings. The van der Waals surface area contributed by atoms with Gasteiger partial charge in [0.25, 0.3) is 0 Å². The Hall–Kier alpha value is -1.86. The van der Waals surface area contributed by atoms with E-state index in [1.165, 1.54) is 26.4 Å². The summed E-state index contributed by atoms with van der Waals surface area (Å²) in [6.07, 6.45) is 1.52. The molecule has 0 aromatic heterocycles. The Morgan fingerprint density at radius 2 is 1.88 bits per heavy atom. The van der Waals surface area contributed by atoms with E-state index in [1.54, 1.807) is 6.92 Å². The molecule has 7 heteroatoms. The maximum atomic E-state index is 14.3. The average Bonchev–Trinajstić information content (AvgIpc) is 2.61. The van der Waals surface area contributed by atoms with Crippen molar-refractivity contribution in [2.24, 2.45) is 11.7 Å². The Kier molecular flexibility index (Phi) is 6.39. The van der Waals surface area contributed by atoms with Crippen molar-refractivity contribution in [2.45, 2.75) is 31.8 Å². The van der Waals surface area contributed by atoms with Crippen LogP contribution in [0.15, 0.2) is 12.1 Å². The second kappa shape index (κ2) is 8.30. The van der Waals surface area contributed by atoms with Crippen LogP contribution in [0.25, 0.3) is 0 Å². The molecule has 0 aliphatic carbocycles. The van der Waals surface area contributed by atoms with Gasteiger partial charge in [-0.1, -0.05) is 0 Å². The molecule has 24 heavy (non-hydrogen) atoms. The minimum Gasteiger partial charge on any atom is -0.493 e. The molecule has 1 saturated heterocycles. The molecule has 1 aliphatic heterocycles. The molecule has 1 aliphatic rings. The van der Waals surface area contributed by atoms with Crippen molar-refractivity contribution >= 4 is 5.91 Å². The quantitative estimate of drug-likeness (QED) is 0.825. The topological polar surface area (TPSA) is 82.8 Å². The number of carbonyl (C=O) groups is 1. The van der Waals surface area contributed by atoms with Crippen molar-refractivity contribution in [2.75, 3.05) is 27.4 Å². The highest BCUT2D eigenvalue weighted by Gasteiger charge is 2.28. The Morgan fingerprint density at radius 3 is 2.46 bits per heavy atom. The molecule has 6 nitrogen and oxygen atoms in total. The van der Waals surface area contributed by atoms with E-state index in [0.29, 0.717) is 30.3 Å². The van der Waals surface area contributed by atoms with Gasteiger partial charge in [-0.05, 0) is 31.7 Å². The number of nitrogens with two attached hydrogens (primary N) is 1. The number of hydrogen-bond donors (Lipinski definition) is 2. The first-order valence-electron chi connectivity index (χ1n) is 8.03. The molecule has 3 N–H and O–H groups in total. The van der Waals surface area contributed by atoms with Crippen molar-refractivity contribution in [1.29, 1.82) is 0 Å². The number of amides is 1. The van der Waals surface area contributed by atoms with Crippen molar-refractivity contribution in [3.63, 3.8) is 0 Å². The average molecular weight is 340 g/mol. The summed E-state index contributed by atoms with van der Waals surface area (Å²) in [5.41, 5.74) is 6.37. The molecule has 1 aromatic carbocycles. The maximum absolute atomic E-state index is 14.3. The molecule has 0 bridgehead atoms. The van der Waals surface area contributed by atoms with Crippen LogP contribution in [0.4, 0.5) is 4.39 Å². The lowest BCUT2D eigenvalue weighted by Gasteiger charge is -2.28. The summed E-state index contributed by atoms with van der Waals surface area (Å²) in [4.78, 5) is 12.4. The van der Waals surface area contributed by atoms with Gasteiger partial charge in [-0.25, -0.2) is 4.39 Å². The number of hydrogen-bond acceptors (Lipinski definition) is 5. The molecule has 0 saturated carbocycles. The van der Waals surface area contributed by atoms with Crippen LogP contribution < -0.4 is 20.5 Å². The normalized spacial score (nSPS) is 17.9. The number of halogens is 1. The van der Waals surface area contributed by atoms with Gasteiger partial charge in [-0.2, -0.15) is 0 Å². The van der Waals surface area contributed by atoms with Crippen LogP contribution >= 0.6 is 0 Å². The van der Waals surface area contributed by atoms with Crippen molar-refractivity contribution < 1.29 is 23.4 Å². The Balaban J connectivity index is 2.08. The number of benzene rings is 1. The van der Waals surface area contributed by atoms with Gasteiger partial charge in [0, 0.05) is 24.8 Å². The van der Waals surface area contributed by atoms with Crippen molar-refractivity contribution in [3.05, 3.63) is 23.5 Å². The van der Waals surface area contributed by atoms with E-state index < -0.39 is 17.9 Å². The SMILES string of the molecule is COc1cc(F)c(C(C)NC(=O)C(N)C2CCOCC2)cc1OC. The van der Waals surface area contributed by atoms with Crippen LogP contribution in [-0.2, 0) is 9.53 Å². The number of methoxy groups -OCH3 is 2. The third-order valence-electron chi connectivity index (χ3n) is 4.40. The van der Waals surface area contributed by atoms with Gasteiger partial charge in [0.05, 0.1) is 26.3 Å². The molecule has 1 heterocycles. The van der Waals surface area contributed by atoms with E-state index in [0.717, 1.165) is 12.8 Å². The van der Waals surface area contributed by atoms with Crippen molar-refractivity contribution in [3.8, 4) is 11.5 Å². The van der Waals surface area contributed by atoms with E-state index in [-0.39, 0.29) is 11.8 Å². The largest absolute Gasteiger partial charge is 0.493 e. The zero-order valence-corrected chi connectivity index (χ0v) is 14.3. The summed E-state index contributed by atoms with van der Waals surface area (Å²) in [6.45, 7) is 2.94. The molecule has 1 fully saturated rings. The van der Waals surface area contributed by atoms with Gasteiger partial charge in [0.1, 0.15) is 5.82 Å². The second-order valence-electron chi connectivity index (χ2n) is 5.93. The molecule has 2 unspecified atom stereocenters. The number of carbonyl (C=O) groups excluding carboxylic acids is 1. The standard InChI is InChI=1S/C17H25FN2O4/c1-10(12-8-14(22-2)15(23-3)9-13(12)18)20-17(21)16(19)11-4-6-24-7-5-11/h8-11,16H,4-7,19H2,1-3H3,(H,20,21). The number of nitrogens with one attached hydrogen (secondary N) is 1. The fourth-order valence-electron chi connectivity index (χ4n) is 2.88. The fourth-order valence-corrected chi connectivity index (χ4v) is 2.88. The van der Waals surface area contributed by atoms with Crippen LogP contribution in [0.2, 0.25) is 0 Å². The highest BCUT2D eigenvalue weighted by molar-refractivity contribution is 5.82. The maximum Gasteiger partial charge on any atom is 0.237 e. The van der Waals surface area contributed by atoms with Crippen LogP contribution in [-0.4, -0.2) is 39.4 Å². The van der Waals surface area contributed by atoms with Crippen LogP contribution in [0, 0.1) is 11.7 Å². The molecule has 1 amide bonds. The summed E-state index contributed by atoms with van der Waals surface area (Å²) >= 11 is 0. The number of rotatable bonds is 6. The predicted octanol–water partition coefficient (Wildman–Crippen LogP) is 1.77. The van der Waals surface area contributed by atoms with Gasteiger partial charge in [-0.15, -0.1) is 0 Å². The third-order valence-corrected chi connectivity index (χ3v) is 4.40. The molecular weight excluding hydrogens is 315 g/mol. The number of ether oxygens (including phenoxy) is 3. The molecule has 0 radical (unpaired) electrons. The summed E-state index contributed by atoms with van der Waals surface area (Å²) < 4.78 is 29.8. The van der Waals surface area contributed by atoms with Gasteiger partial charge in [0.2, 0.25) is 5.91 Å². The summed E-state index contributed by atoms with van der Waals surface area (Å²) in [6, 6.07) is 1.61. The molecular formula is C17H25FN2O4. The molecule has 2 atom stereocenters. The molecule has 0 spiro atoms. The van der Waals surface area contributed by atoms with Gasteiger partial charge in [0.15, 0.2) is 11.5 Å². The monoisotopic (exact) mass is 340 g/mol. The van der Waals surface area contributed by atoms with Gasteiger partial charge in [-0.3, -0.25) is 4.79 Å². The van der Waals surface area contributed by atoms with Gasteiger partial charge < -0.3 is 25.3 Å². The lowest BCUT2D eigenvalue weighted by atomic mass is 9.91. The second-order valence-corrected chi connectivity index (χ2v) is 5.93. The summed E-state index contributed by atoms with van der Waals surface area (Å²) in [5, 5.41) is 2.78. The lowest BCUT2D eigenvalue weighted by molar-refractivity contribution is -0.125. The Labute approximate surface area is 141 Å². The smallest absolute Gasteiger partial charge is 0.237 e. The first-order valence-corrected chi connectivity index (χ1v) is 8.03. The van der Waals surface area contributed by atoms with Crippen molar-refractivity contribution in [1.82, 2.24) is 5.32 Å². The summed E-state index contributed by atoms with van der Waals surface area (Å²) in [7, 11) is 2.92. The molecule has 134 valence electrons. The van der Waals surface area contributed by atoms with E-state index >= 15 is 0 Å². The minimum absolute atomic E-state index is 0.0844. The fraction of sp³-hybridized carbons (Fsp3) is 0.588. The summed E-state index contributed by atoms with van der Waals surface area (Å²) in [5.74, 6) is 0.0322. The Morgan fingerprint density at radius 1 is 1.29 bits per heavy atom. The first-order chi connectivity index (χ1) is 11.5. The highest BCUT2D eigenvalue weighted by atomic mass is 19.1. The Bertz CT molecular complexity index is 576. The molecule has 2 rings (SSSR count). The van der Waals surface area contributed by atoms with Crippen LogP contribution in [0.1, 0.15) is 31.4 Å².